The van der Waals surface area contributed by atoms with Crippen LogP contribution in [0.25, 0.3) is 0 Å². The van der Waals surface area contributed by atoms with Crippen LogP contribution in [-0.4, -0.2) is 3.79 Å². The summed E-state index contributed by atoms with van der Waals surface area (Å²) in [6, 6.07) is 0. The van der Waals surface area contributed by atoms with Crippen molar-refractivity contribution in [2.45, 2.75) is 19.3 Å². The van der Waals surface area contributed by atoms with Crippen LogP contribution in [0.1, 0.15) is 19.3 Å². The van der Waals surface area contributed by atoms with Gasteiger partial charge in [0.25, 0.3) is 0 Å². The van der Waals surface area contributed by atoms with Crippen molar-refractivity contribution in [2.24, 2.45) is 5.92 Å². The average Bonchev–Trinajstić information content (AvgIpc) is 1.23. The summed E-state index contributed by atoms with van der Waals surface area (Å²) in [5.74, 6) is 0.431. The summed E-state index contributed by atoms with van der Waals surface area (Å²) in [7, 11) is 0. The van der Waals surface area contributed by atoms with Crippen LogP contribution in [0.15, 0.2) is 0 Å². The Balaban J connectivity index is 2.27. The van der Waals surface area contributed by atoms with Crippen molar-refractivity contribution in [2.75, 3.05) is 0 Å². The third kappa shape index (κ3) is 1.15. The molecule has 1 aliphatic rings. The van der Waals surface area contributed by atoms with E-state index in [0.717, 1.165) is 12.8 Å². The molecule has 1 fully saturated rings. The molecular weight excluding hydrogens is 203 g/mol. The first-order valence-electron chi connectivity index (χ1n) is 2.50. The molecule has 0 aromatic carbocycles. The fourth-order valence-electron chi connectivity index (χ4n) is 0.635. The lowest BCUT2D eigenvalue weighted by Crippen LogP contribution is -2.16. The number of carbonyl (C=O) groups is 1. The lowest BCUT2D eigenvalue weighted by molar-refractivity contribution is -0.114. The molecule has 0 unspecified atom stereocenters. The van der Waals surface area contributed by atoms with Crippen LogP contribution < -0.4 is 0 Å². The Morgan fingerprint density at radius 3 is 2.14 bits per heavy atom. The zero-order valence-corrected chi connectivity index (χ0v) is 6.14. The van der Waals surface area contributed by atoms with E-state index in [9.17, 15) is 4.79 Å². The van der Waals surface area contributed by atoms with Gasteiger partial charge in [0.2, 0.25) is 0 Å². The van der Waals surface area contributed by atoms with Crippen LogP contribution in [0.4, 0.5) is 0 Å². The standard InChI is InChI=1S/C5H7IO/c6-5(7)4-2-1-3-4/h4H,1-3H2. The molecule has 0 aromatic heterocycles. The summed E-state index contributed by atoms with van der Waals surface area (Å²) in [6.45, 7) is 0. The third-order valence-electron chi connectivity index (χ3n) is 1.43. The lowest BCUT2D eigenvalue weighted by atomic mass is 9.87. The van der Waals surface area contributed by atoms with Gasteiger partial charge in [-0.15, -0.1) is 0 Å². The smallest absolute Gasteiger partial charge is 0.195 e. The predicted octanol–water partition coefficient (Wildman–Crippen LogP) is 1.75. The van der Waals surface area contributed by atoms with E-state index in [1.807, 2.05) is 22.6 Å². The number of rotatable bonds is 1. The van der Waals surface area contributed by atoms with E-state index in [1.54, 1.807) is 0 Å². The van der Waals surface area contributed by atoms with Crippen molar-refractivity contribution in [3.8, 4) is 0 Å². The first-order chi connectivity index (χ1) is 3.30. The minimum absolute atomic E-state index is 0.351. The van der Waals surface area contributed by atoms with Crippen molar-refractivity contribution in [1.29, 1.82) is 0 Å². The SMILES string of the molecule is O=C(I)C1CCC1. The van der Waals surface area contributed by atoms with Crippen molar-refractivity contribution < 1.29 is 4.79 Å². The van der Waals surface area contributed by atoms with E-state index in [2.05, 4.69) is 0 Å². The molecule has 0 aromatic rings. The fraction of sp³-hybridized carbons (Fsp3) is 0.800. The molecule has 0 radical (unpaired) electrons. The minimum atomic E-state index is 0.351. The van der Waals surface area contributed by atoms with E-state index in [1.165, 1.54) is 6.42 Å². The summed E-state index contributed by atoms with van der Waals surface area (Å²) in [6.07, 6.45) is 3.54. The molecule has 0 amide bonds. The van der Waals surface area contributed by atoms with E-state index >= 15 is 0 Å². The largest absolute Gasteiger partial charge is 0.287 e. The van der Waals surface area contributed by atoms with Gasteiger partial charge in [0.15, 0.2) is 3.79 Å². The molecule has 0 spiro atoms. The number of hydrogen-bond donors (Lipinski definition) is 0. The zero-order valence-electron chi connectivity index (χ0n) is 3.98. The molecule has 0 aliphatic heterocycles. The van der Waals surface area contributed by atoms with Crippen LogP contribution >= 0.6 is 22.6 Å². The van der Waals surface area contributed by atoms with Gasteiger partial charge in [0.1, 0.15) is 0 Å². The monoisotopic (exact) mass is 210 g/mol. The van der Waals surface area contributed by atoms with Gasteiger partial charge in [-0.05, 0) is 35.4 Å². The van der Waals surface area contributed by atoms with Gasteiger partial charge in [0, 0.05) is 5.92 Å². The normalized spacial score (nSPS) is 21.3. The Labute approximate surface area is 56.6 Å². The van der Waals surface area contributed by atoms with Crippen LogP contribution in [0, 0.1) is 5.92 Å². The van der Waals surface area contributed by atoms with Gasteiger partial charge < -0.3 is 0 Å². The molecule has 0 heterocycles. The zero-order chi connectivity index (χ0) is 5.28. The first-order valence-corrected chi connectivity index (χ1v) is 3.58. The Hall–Kier alpha value is 0.400. The van der Waals surface area contributed by atoms with E-state index < -0.39 is 0 Å². The van der Waals surface area contributed by atoms with E-state index in [4.69, 9.17) is 0 Å². The quantitative estimate of drug-likeness (QED) is 0.476. The highest BCUT2D eigenvalue weighted by molar-refractivity contribution is 14.1. The molecule has 1 rings (SSSR count). The molecule has 2 heteroatoms. The second-order valence-corrected chi connectivity index (χ2v) is 3.00. The molecule has 1 nitrogen and oxygen atoms in total. The van der Waals surface area contributed by atoms with Gasteiger partial charge in [0.05, 0.1) is 0 Å². The Kier molecular flexibility index (Phi) is 1.67. The minimum Gasteiger partial charge on any atom is -0.287 e. The number of hydrogen-bond acceptors (Lipinski definition) is 1. The van der Waals surface area contributed by atoms with Crippen molar-refractivity contribution in [1.82, 2.24) is 0 Å². The topological polar surface area (TPSA) is 17.1 Å². The molecule has 0 saturated heterocycles. The van der Waals surface area contributed by atoms with Crippen molar-refractivity contribution in [3.05, 3.63) is 0 Å². The summed E-state index contributed by atoms with van der Waals surface area (Å²) < 4.78 is 0.351. The summed E-state index contributed by atoms with van der Waals surface area (Å²) in [5, 5.41) is 0. The Morgan fingerprint density at radius 2 is 2.14 bits per heavy atom. The average molecular weight is 210 g/mol. The Morgan fingerprint density at radius 1 is 1.57 bits per heavy atom. The maximum absolute atomic E-state index is 10.4. The van der Waals surface area contributed by atoms with Crippen LogP contribution in [-0.2, 0) is 4.79 Å². The second kappa shape index (κ2) is 2.11. The molecule has 0 N–H and O–H groups in total. The maximum Gasteiger partial charge on any atom is 0.195 e. The highest BCUT2D eigenvalue weighted by atomic mass is 127. The summed E-state index contributed by atoms with van der Waals surface area (Å²) in [4.78, 5) is 10.4. The molecule has 1 saturated carbocycles. The highest BCUT2D eigenvalue weighted by Gasteiger charge is 2.22. The van der Waals surface area contributed by atoms with Crippen LogP contribution in [0.3, 0.4) is 0 Å². The number of carbonyl (C=O) groups excluding carboxylic acids is 1. The summed E-state index contributed by atoms with van der Waals surface area (Å²) >= 11 is 1.88. The van der Waals surface area contributed by atoms with Crippen LogP contribution in [0.5, 0.6) is 0 Å². The second-order valence-electron chi connectivity index (χ2n) is 1.93. The molecule has 0 atom stereocenters. The molecule has 1 aliphatic carbocycles. The van der Waals surface area contributed by atoms with Gasteiger partial charge in [-0.1, -0.05) is 6.42 Å². The van der Waals surface area contributed by atoms with Gasteiger partial charge in [-0.25, -0.2) is 0 Å². The number of halogens is 1. The molecule has 40 valence electrons. The molecule has 7 heavy (non-hydrogen) atoms. The molecular formula is C5H7IO. The Bertz CT molecular complexity index is 86.1. The summed E-state index contributed by atoms with van der Waals surface area (Å²) in [5.41, 5.74) is 0. The third-order valence-corrected chi connectivity index (χ3v) is 2.31. The first kappa shape index (κ1) is 5.54. The van der Waals surface area contributed by atoms with Crippen molar-refractivity contribution >= 4 is 26.4 Å². The van der Waals surface area contributed by atoms with Gasteiger partial charge in [-0.2, -0.15) is 0 Å². The van der Waals surface area contributed by atoms with Gasteiger partial charge >= 0.3 is 0 Å². The van der Waals surface area contributed by atoms with Crippen LogP contribution in [0.2, 0.25) is 0 Å². The predicted molar refractivity (Wildman–Crippen MR) is 36.4 cm³/mol. The lowest BCUT2D eigenvalue weighted by Gasteiger charge is -2.20. The molecule has 0 bridgehead atoms. The highest BCUT2D eigenvalue weighted by Crippen LogP contribution is 2.28. The van der Waals surface area contributed by atoms with Gasteiger partial charge in [-0.3, -0.25) is 4.79 Å². The maximum atomic E-state index is 10.4. The van der Waals surface area contributed by atoms with E-state index in [0.29, 0.717) is 9.71 Å². The fourth-order valence-corrected chi connectivity index (χ4v) is 1.26. The van der Waals surface area contributed by atoms with E-state index in [-0.39, 0.29) is 0 Å². The van der Waals surface area contributed by atoms with Crippen molar-refractivity contribution in [3.63, 3.8) is 0 Å².